The smallest absolute Gasteiger partial charge is 0.0870 e. The fourth-order valence-corrected chi connectivity index (χ4v) is 0.704. The van der Waals surface area contributed by atoms with Crippen LogP contribution in [0, 0.1) is 17.2 Å². The molecule has 0 aromatic heterocycles. The van der Waals surface area contributed by atoms with Crippen molar-refractivity contribution in [3.63, 3.8) is 0 Å². The maximum absolute atomic E-state index is 8.33. The predicted molar refractivity (Wildman–Crippen MR) is 35.1 cm³/mol. The molecule has 2 N–H and O–H groups in total. The molecule has 1 aliphatic heterocycles. The fourth-order valence-electron chi connectivity index (χ4n) is 0.704. The van der Waals surface area contributed by atoms with Gasteiger partial charge in [0.15, 0.2) is 0 Å². The van der Waals surface area contributed by atoms with Gasteiger partial charge >= 0.3 is 0 Å². The molecule has 0 spiro atoms. The first-order valence-corrected chi connectivity index (χ1v) is 2.57. The molecule has 52 valence electrons. The number of hydrogen-bond acceptors (Lipinski definition) is 3. The summed E-state index contributed by atoms with van der Waals surface area (Å²) in [5.74, 6) is -0.0741. The van der Waals surface area contributed by atoms with Gasteiger partial charge in [-0.05, 0) is 0 Å². The quantitative estimate of drug-likeness (QED) is 0.522. The second-order valence-corrected chi connectivity index (χ2v) is 1.94. The molecule has 0 radical (unpaired) electrons. The van der Waals surface area contributed by atoms with Crippen LogP contribution in [0.5, 0.6) is 0 Å². The van der Waals surface area contributed by atoms with Gasteiger partial charge in [0.2, 0.25) is 0 Å². The van der Waals surface area contributed by atoms with Gasteiger partial charge < -0.3 is 10.5 Å². The number of nitriles is 1. The molecule has 0 aromatic carbocycles. The lowest BCUT2D eigenvalue weighted by atomic mass is 10.1. The Bertz CT molecular complexity index is 123. The monoisotopic (exact) mass is 148 g/mol. The van der Waals surface area contributed by atoms with Gasteiger partial charge in [-0.3, -0.25) is 0 Å². The second-order valence-electron chi connectivity index (χ2n) is 1.94. The van der Waals surface area contributed by atoms with Gasteiger partial charge in [0.1, 0.15) is 0 Å². The first-order valence-electron chi connectivity index (χ1n) is 2.57. The molecular formula is C5H9ClN2O. The normalized spacial score (nSPS) is 32.9. The molecule has 1 heterocycles. The summed E-state index contributed by atoms with van der Waals surface area (Å²) in [5, 5.41) is 8.33. The van der Waals surface area contributed by atoms with Crippen molar-refractivity contribution in [2.24, 2.45) is 11.7 Å². The highest BCUT2D eigenvalue weighted by atomic mass is 35.5. The molecule has 2 atom stereocenters. The molecule has 0 aromatic rings. The van der Waals surface area contributed by atoms with Crippen molar-refractivity contribution in [3.8, 4) is 6.07 Å². The lowest BCUT2D eigenvalue weighted by molar-refractivity contribution is 0.189. The molecule has 0 aliphatic carbocycles. The summed E-state index contributed by atoms with van der Waals surface area (Å²) in [6.45, 7) is 1.05. The van der Waals surface area contributed by atoms with Crippen LogP contribution in [-0.4, -0.2) is 19.3 Å². The summed E-state index contributed by atoms with van der Waals surface area (Å²) < 4.78 is 4.91. The minimum Gasteiger partial charge on any atom is -0.378 e. The molecule has 1 aliphatic rings. The lowest BCUT2D eigenvalue weighted by Gasteiger charge is -1.99. The maximum Gasteiger partial charge on any atom is 0.0870 e. The Morgan fingerprint density at radius 3 is 2.44 bits per heavy atom. The van der Waals surface area contributed by atoms with E-state index in [4.69, 9.17) is 15.7 Å². The van der Waals surface area contributed by atoms with Crippen LogP contribution in [0.4, 0.5) is 0 Å². The molecule has 4 heteroatoms. The largest absolute Gasteiger partial charge is 0.378 e. The third kappa shape index (κ3) is 1.83. The molecule has 3 nitrogen and oxygen atoms in total. The highest BCUT2D eigenvalue weighted by Crippen LogP contribution is 2.08. The van der Waals surface area contributed by atoms with E-state index in [2.05, 4.69) is 6.07 Å². The SMILES string of the molecule is Cl.N#C[C@@H]1COC[C@H]1N. The van der Waals surface area contributed by atoms with Crippen LogP contribution in [0.2, 0.25) is 0 Å². The fraction of sp³-hybridized carbons (Fsp3) is 0.800. The van der Waals surface area contributed by atoms with Crippen molar-refractivity contribution in [3.05, 3.63) is 0 Å². The van der Waals surface area contributed by atoms with Crippen LogP contribution < -0.4 is 5.73 Å². The highest BCUT2D eigenvalue weighted by molar-refractivity contribution is 5.85. The minimum absolute atomic E-state index is 0. The summed E-state index contributed by atoms with van der Waals surface area (Å²) in [5.41, 5.74) is 5.44. The zero-order valence-electron chi connectivity index (χ0n) is 4.91. The first kappa shape index (κ1) is 8.70. The van der Waals surface area contributed by atoms with Crippen LogP contribution in [0.15, 0.2) is 0 Å². The van der Waals surface area contributed by atoms with E-state index < -0.39 is 0 Å². The Morgan fingerprint density at radius 2 is 2.22 bits per heavy atom. The van der Waals surface area contributed by atoms with Crippen molar-refractivity contribution < 1.29 is 4.74 Å². The maximum atomic E-state index is 8.33. The summed E-state index contributed by atoms with van der Waals surface area (Å²) in [6, 6.07) is 2.01. The first-order chi connectivity index (χ1) is 3.84. The number of nitrogens with zero attached hydrogens (tertiary/aromatic N) is 1. The van der Waals surface area contributed by atoms with Crippen molar-refractivity contribution in [2.75, 3.05) is 13.2 Å². The van der Waals surface area contributed by atoms with Crippen LogP contribution in [0.1, 0.15) is 0 Å². The second kappa shape index (κ2) is 3.67. The third-order valence-electron chi connectivity index (χ3n) is 1.29. The highest BCUT2D eigenvalue weighted by Gasteiger charge is 2.23. The Morgan fingerprint density at radius 1 is 1.56 bits per heavy atom. The van der Waals surface area contributed by atoms with Crippen LogP contribution in [0.3, 0.4) is 0 Å². The standard InChI is InChI=1S/C5H8N2O.ClH/c6-1-4-2-8-3-5(4)7;/h4-5H,2-3,7H2;1H/t4-,5-;/m1./s1. The molecule has 0 saturated carbocycles. The third-order valence-corrected chi connectivity index (χ3v) is 1.29. The summed E-state index contributed by atoms with van der Waals surface area (Å²) in [6.07, 6.45) is 0. The molecule has 0 bridgehead atoms. The van der Waals surface area contributed by atoms with Gasteiger partial charge in [-0.2, -0.15) is 5.26 Å². The average Bonchev–Trinajstić information content (AvgIpc) is 2.14. The predicted octanol–water partition coefficient (Wildman–Crippen LogP) is -0.0945. The van der Waals surface area contributed by atoms with Crippen LogP contribution >= 0.6 is 12.4 Å². The molecule has 1 fully saturated rings. The number of rotatable bonds is 0. The summed E-state index contributed by atoms with van der Waals surface area (Å²) >= 11 is 0. The lowest BCUT2D eigenvalue weighted by Crippen LogP contribution is -2.27. The molecule has 0 unspecified atom stereocenters. The van der Waals surface area contributed by atoms with Crippen molar-refractivity contribution in [2.45, 2.75) is 6.04 Å². The number of nitrogens with two attached hydrogens (primary N) is 1. The van der Waals surface area contributed by atoms with E-state index in [0.29, 0.717) is 13.2 Å². The Labute approximate surface area is 60.2 Å². The van der Waals surface area contributed by atoms with Gasteiger partial charge in [0, 0.05) is 6.04 Å². The summed E-state index contributed by atoms with van der Waals surface area (Å²) in [4.78, 5) is 0. The van der Waals surface area contributed by atoms with Gasteiger partial charge in [-0.1, -0.05) is 0 Å². The molecule has 9 heavy (non-hydrogen) atoms. The van der Waals surface area contributed by atoms with Crippen LogP contribution in [0.25, 0.3) is 0 Å². The molecule has 1 rings (SSSR count). The van der Waals surface area contributed by atoms with E-state index in [1.165, 1.54) is 0 Å². The molecule has 0 amide bonds. The minimum atomic E-state index is -0.0741. The van der Waals surface area contributed by atoms with Crippen molar-refractivity contribution in [1.29, 1.82) is 5.26 Å². The van der Waals surface area contributed by atoms with E-state index in [9.17, 15) is 0 Å². The summed E-state index contributed by atoms with van der Waals surface area (Å²) in [7, 11) is 0. The zero-order chi connectivity index (χ0) is 5.98. The zero-order valence-corrected chi connectivity index (χ0v) is 5.73. The van der Waals surface area contributed by atoms with E-state index in [1.54, 1.807) is 0 Å². The van der Waals surface area contributed by atoms with Gasteiger partial charge in [0.25, 0.3) is 0 Å². The Balaban J connectivity index is 0.000000640. The van der Waals surface area contributed by atoms with Gasteiger partial charge in [0.05, 0.1) is 25.2 Å². The van der Waals surface area contributed by atoms with Crippen molar-refractivity contribution in [1.82, 2.24) is 0 Å². The van der Waals surface area contributed by atoms with E-state index in [-0.39, 0.29) is 24.4 Å². The van der Waals surface area contributed by atoms with Crippen molar-refractivity contribution >= 4 is 12.4 Å². The number of hydrogen-bond donors (Lipinski definition) is 1. The van der Waals surface area contributed by atoms with E-state index >= 15 is 0 Å². The Kier molecular flexibility index (Phi) is 3.55. The topological polar surface area (TPSA) is 59.0 Å². The van der Waals surface area contributed by atoms with Gasteiger partial charge in [-0.15, -0.1) is 12.4 Å². The number of halogens is 1. The average molecular weight is 149 g/mol. The van der Waals surface area contributed by atoms with E-state index in [0.717, 1.165) is 0 Å². The molecular weight excluding hydrogens is 140 g/mol. The van der Waals surface area contributed by atoms with Crippen LogP contribution in [-0.2, 0) is 4.74 Å². The van der Waals surface area contributed by atoms with E-state index in [1.807, 2.05) is 0 Å². The number of ether oxygens (including phenoxy) is 1. The van der Waals surface area contributed by atoms with Gasteiger partial charge in [-0.25, -0.2) is 0 Å². The molecule has 1 saturated heterocycles. The Hall–Kier alpha value is -0.300.